The number of halogens is 3. The van der Waals surface area contributed by atoms with Crippen LogP contribution in [0.1, 0.15) is 17.9 Å². The molecule has 0 saturated carbocycles. The number of anilines is 2. The molecule has 0 saturated heterocycles. The lowest BCUT2D eigenvalue weighted by molar-refractivity contribution is -0.123. The average Bonchev–Trinajstić information content (AvgIpc) is 2.70. The maximum atomic E-state index is 13.5. The van der Waals surface area contributed by atoms with Gasteiger partial charge in [0.05, 0.1) is 16.6 Å². The molecule has 2 N–H and O–H groups in total. The number of carbonyl (C=O) groups is 2. The zero-order chi connectivity index (χ0) is 21.3. The molecule has 1 unspecified atom stereocenters. The third kappa shape index (κ3) is 4.22. The number of amides is 2. The van der Waals surface area contributed by atoms with Crippen molar-refractivity contribution in [3.8, 4) is 11.6 Å². The zero-order valence-electron chi connectivity index (χ0n) is 15.3. The summed E-state index contributed by atoms with van der Waals surface area (Å²) in [6.45, 7) is 0. The van der Waals surface area contributed by atoms with Gasteiger partial charge in [-0.2, -0.15) is 0 Å². The van der Waals surface area contributed by atoms with E-state index >= 15 is 0 Å². The van der Waals surface area contributed by atoms with Crippen LogP contribution in [0.25, 0.3) is 0 Å². The Morgan fingerprint density at radius 2 is 2.00 bits per heavy atom. The minimum atomic E-state index is -0.778. The van der Waals surface area contributed by atoms with Gasteiger partial charge in [0, 0.05) is 18.3 Å². The van der Waals surface area contributed by atoms with Crippen LogP contribution in [0.5, 0.6) is 11.6 Å². The van der Waals surface area contributed by atoms with Crippen LogP contribution in [0.4, 0.5) is 15.8 Å². The summed E-state index contributed by atoms with van der Waals surface area (Å²) in [4.78, 5) is 29.0. The van der Waals surface area contributed by atoms with E-state index in [-0.39, 0.29) is 28.9 Å². The molecule has 152 valence electrons. The second-order valence-electron chi connectivity index (χ2n) is 6.56. The molecule has 1 aliphatic heterocycles. The van der Waals surface area contributed by atoms with Gasteiger partial charge in [0.2, 0.25) is 17.7 Å². The lowest BCUT2D eigenvalue weighted by Crippen LogP contribution is -2.31. The van der Waals surface area contributed by atoms with Crippen molar-refractivity contribution in [1.82, 2.24) is 4.98 Å². The summed E-state index contributed by atoms with van der Waals surface area (Å²) >= 11 is 12.0. The topological polar surface area (TPSA) is 80.3 Å². The number of nitrogens with one attached hydrogen (secondary N) is 2. The van der Waals surface area contributed by atoms with Crippen molar-refractivity contribution in [1.29, 1.82) is 0 Å². The van der Waals surface area contributed by atoms with Crippen molar-refractivity contribution in [2.75, 3.05) is 10.6 Å². The van der Waals surface area contributed by atoms with Crippen LogP contribution < -0.4 is 15.4 Å². The monoisotopic (exact) mass is 445 g/mol. The molecule has 0 radical (unpaired) electrons. The summed E-state index contributed by atoms with van der Waals surface area (Å²) in [5.41, 5.74) is 1.19. The Morgan fingerprint density at radius 3 is 2.80 bits per heavy atom. The molecule has 2 amide bonds. The van der Waals surface area contributed by atoms with Crippen LogP contribution in [-0.4, -0.2) is 16.8 Å². The van der Waals surface area contributed by atoms with Gasteiger partial charge < -0.3 is 15.4 Å². The van der Waals surface area contributed by atoms with Gasteiger partial charge in [0.25, 0.3) is 0 Å². The first-order valence-corrected chi connectivity index (χ1v) is 9.64. The summed E-state index contributed by atoms with van der Waals surface area (Å²) in [6.07, 6.45) is 1.33. The fraction of sp³-hybridized carbons (Fsp3) is 0.0952. The van der Waals surface area contributed by atoms with E-state index in [1.807, 2.05) is 0 Å². The molecule has 1 aliphatic rings. The Bertz CT molecular complexity index is 1160. The van der Waals surface area contributed by atoms with Crippen LogP contribution in [-0.2, 0) is 9.59 Å². The maximum Gasteiger partial charge on any atom is 0.238 e. The van der Waals surface area contributed by atoms with E-state index < -0.39 is 17.6 Å². The lowest BCUT2D eigenvalue weighted by atomic mass is 9.89. The molecule has 1 aromatic heterocycles. The molecule has 0 fully saturated rings. The second-order valence-corrected chi connectivity index (χ2v) is 7.41. The van der Waals surface area contributed by atoms with Crippen molar-refractivity contribution >= 4 is 46.4 Å². The van der Waals surface area contributed by atoms with Gasteiger partial charge in [-0.1, -0.05) is 41.4 Å². The molecule has 1 atom stereocenters. The van der Waals surface area contributed by atoms with Gasteiger partial charge in [-0.3, -0.25) is 9.59 Å². The number of nitrogens with zero attached hydrogens (tertiary/aromatic N) is 1. The molecular formula is C21H14Cl2FN3O3. The predicted octanol–water partition coefficient (Wildman–Crippen LogP) is 5.38. The van der Waals surface area contributed by atoms with Gasteiger partial charge in [-0.25, -0.2) is 9.37 Å². The first-order valence-electron chi connectivity index (χ1n) is 8.89. The van der Waals surface area contributed by atoms with E-state index in [0.29, 0.717) is 22.0 Å². The Morgan fingerprint density at radius 1 is 1.20 bits per heavy atom. The molecular weight excluding hydrogens is 432 g/mol. The van der Waals surface area contributed by atoms with Crippen molar-refractivity contribution in [3.63, 3.8) is 0 Å². The van der Waals surface area contributed by atoms with E-state index in [9.17, 15) is 14.0 Å². The zero-order valence-corrected chi connectivity index (χ0v) is 16.8. The van der Waals surface area contributed by atoms with Gasteiger partial charge in [-0.15, -0.1) is 0 Å². The van der Waals surface area contributed by atoms with Crippen LogP contribution in [0, 0.1) is 5.82 Å². The van der Waals surface area contributed by atoms with Crippen molar-refractivity contribution in [2.24, 2.45) is 0 Å². The highest BCUT2D eigenvalue weighted by atomic mass is 35.5. The number of hydrogen-bond acceptors (Lipinski definition) is 4. The van der Waals surface area contributed by atoms with Crippen LogP contribution >= 0.6 is 23.2 Å². The number of aromatic nitrogens is 1. The largest absolute Gasteiger partial charge is 0.435 e. The minimum absolute atomic E-state index is 0.0575. The SMILES string of the molecule is O=C1CC(C(=O)Nc2ccccc2Oc2ncc(Cl)cc2Cl)c2ccc(F)cc2N1. The van der Waals surface area contributed by atoms with E-state index in [1.54, 1.807) is 24.3 Å². The van der Waals surface area contributed by atoms with E-state index in [1.165, 1.54) is 30.5 Å². The highest BCUT2D eigenvalue weighted by Gasteiger charge is 2.31. The number of hydrogen-bond donors (Lipinski definition) is 2. The molecule has 0 aliphatic carbocycles. The van der Waals surface area contributed by atoms with Gasteiger partial charge >= 0.3 is 0 Å². The highest BCUT2D eigenvalue weighted by molar-refractivity contribution is 6.35. The molecule has 4 rings (SSSR count). The fourth-order valence-corrected chi connectivity index (χ4v) is 3.55. The smallest absolute Gasteiger partial charge is 0.238 e. The summed E-state index contributed by atoms with van der Waals surface area (Å²) in [7, 11) is 0. The standard InChI is InChI=1S/C21H14Cl2FN3O3/c22-11-7-15(23)21(25-10-11)30-18-4-2-1-3-16(18)27-20(29)14-9-19(28)26-17-8-12(24)5-6-13(14)17/h1-8,10,14H,9H2,(H,26,28)(H,27,29). The number of rotatable bonds is 4. The number of para-hydroxylation sites is 2. The molecule has 9 heteroatoms. The summed E-state index contributed by atoms with van der Waals surface area (Å²) in [5.74, 6) is -1.64. The van der Waals surface area contributed by atoms with Gasteiger partial charge in [0.15, 0.2) is 5.75 Å². The highest BCUT2D eigenvalue weighted by Crippen LogP contribution is 2.36. The Balaban J connectivity index is 1.60. The predicted molar refractivity (Wildman–Crippen MR) is 112 cm³/mol. The van der Waals surface area contributed by atoms with Crippen LogP contribution in [0.2, 0.25) is 10.0 Å². The summed E-state index contributed by atoms with van der Waals surface area (Å²) < 4.78 is 19.3. The summed E-state index contributed by atoms with van der Waals surface area (Å²) in [5, 5.41) is 5.93. The van der Waals surface area contributed by atoms with Crippen LogP contribution in [0.3, 0.4) is 0 Å². The van der Waals surface area contributed by atoms with Gasteiger partial charge in [0.1, 0.15) is 10.8 Å². The third-order valence-corrected chi connectivity index (χ3v) is 4.97. The Kier molecular flexibility index (Phi) is 5.57. The fourth-order valence-electron chi connectivity index (χ4n) is 3.13. The minimum Gasteiger partial charge on any atom is -0.435 e. The number of fused-ring (bicyclic) bond motifs is 1. The number of benzene rings is 2. The number of ether oxygens (including phenoxy) is 1. The van der Waals surface area contributed by atoms with Crippen molar-refractivity contribution in [2.45, 2.75) is 12.3 Å². The average molecular weight is 446 g/mol. The maximum absolute atomic E-state index is 13.5. The molecule has 30 heavy (non-hydrogen) atoms. The van der Waals surface area contributed by atoms with Crippen molar-refractivity contribution < 1.29 is 18.7 Å². The number of pyridine rings is 1. The van der Waals surface area contributed by atoms with Crippen LogP contribution in [0.15, 0.2) is 54.7 Å². The van der Waals surface area contributed by atoms with E-state index in [4.69, 9.17) is 27.9 Å². The molecule has 2 heterocycles. The lowest BCUT2D eigenvalue weighted by Gasteiger charge is -2.25. The Hall–Kier alpha value is -3.16. The molecule has 0 spiro atoms. The first-order chi connectivity index (χ1) is 14.4. The molecule has 0 bridgehead atoms. The molecule has 3 aromatic rings. The second kappa shape index (κ2) is 8.30. The molecule has 6 nitrogen and oxygen atoms in total. The first kappa shape index (κ1) is 20.1. The normalized spacial score (nSPS) is 15.2. The third-order valence-electron chi connectivity index (χ3n) is 4.50. The summed E-state index contributed by atoms with van der Waals surface area (Å²) in [6, 6.07) is 12.2. The molecule has 2 aromatic carbocycles. The van der Waals surface area contributed by atoms with Crippen molar-refractivity contribution in [3.05, 3.63) is 76.2 Å². The Labute approximate surface area is 181 Å². The number of carbonyl (C=O) groups excluding carboxylic acids is 2. The van der Waals surface area contributed by atoms with Gasteiger partial charge in [-0.05, 0) is 35.9 Å². The van der Waals surface area contributed by atoms with E-state index in [0.717, 1.165) is 0 Å². The van der Waals surface area contributed by atoms with E-state index in [2.05, 4.69) is 15.6 Å². The quantitative estimate of drug-likeness (QED) is 0.564.